The molecule has 0 saturated carbocycles. The predicted molar refractivity (Wildman–Crippen MR) is 70.7 cm³/mol. The third-order valence-corrected chi connectivity index (χ3v) is 2.40. The lowest BCUT2D eigenvalue weighted by Crippen LogP contribution is -2.10. The molecule has 1 aromatic carbocycles. The van der Waals surface area contributed by atoms with Crippen molar-refractivity contribution in [2.24, 2.45) is 5.73 Å². The summed E-state index contributed by atoms with van der Waals surface area (Å²) in [6.45, 7) is 5.36. The molecule has 100 valence electrons. The van der Waals surface area contributed by atoms with E-state index in [-0.39, 0.29) is 5.97 Å². The maximum atomic E-state index is 11.9. The van der Waals surface area contributed by atoms with E-state index in [1.54, 1.807) is 12.1 Å². The largest absolute Gasteiger partial charge is 0.493 e. The molecule has 0 unspecified atom stereocenters. The molecule has 0 fully saturated rings. The summed E-state index contributed by atoms with van der Waals surface area (Å²) in [6.07, 6.45) is 1.69. The summed E-state index contributed by atoms with van der Waals surface area (Å²) in [7, 11) is 0. The molecule has 0 aliphatic rings. The highest BCUT2D eigenvalue weighted by molar-refractivity contribution is 5.92. The van der Waals surface area contributed by atoms with Crippen LogP contribution in [-0.4, -0.2) is 19.2 Å². The van der Waals surface area contributed by atoms with Gasteiger partial charge in [-0.1, -0.05) is 19.9 Å². The lowest BCUT2D eigenvalue weighted by Gasteiger charge is -2.11. The highest BCUT2D eigenvalue weighted by Crippen LogP contribution is 2.21. The van der Waals surface area contributed by atoms with E-state index in [9.17, 15) is 4.79 Å². The number of carbonyl (C=O) groups is 1. The molecule has 0 atom stereocenters. The van der Waals surface area contributed by atoms with Crippen LogP contribution in [0.2, 0.25) is 0 Å². The first-order valence-electron chi connectivity index (χ1n) is 6.35. The first-order valence-corrected chi connectivity index (χ1v) is 6.35. The first kappa shape index (κ1) is 14.5. The second-order valence-electron chi connectivity index (χ2n) is 4.02. The number of rotatable bonds is 7. The molecule has 0 saturated heterocycles. The van der Waals surface area contributed by atoms with E-state index < -0.39 is 0 Å². The van der Waals surface area contributed by atoms with E-state index in [0.29, 0.717) is 31.1 Å². The van der Waals surface area contributed by atoms with Crippen LogP contribution in [0.5, 0.6) is 5.75 Å². The Hall–Kier alpha value is -1.55. The molecule has 4 heteroatoms. The van der Waals surface area contributed by atoms with Gasteiger partial charge in [0.2, 0.25) is 0 Å². The van der Waals surface area contributed by atoms with Crippen LogP contribution in [0.4, 0.5) is 0 Å². The molecule has 0 bridgehead atoms. The zero-order chi connectivity index (χ0) is 13.4. The molecule has 0 spiro atoms. The molecule has 1 rings (SSSR count). The number of carbonyl (C=O) groups excluding carboxylic acids is 1. The third kappa shape index (κ3) is 4.04. The second-order valence-corrected chi connectivity index (χ2v) is 4.02. The number of nitrogens with two attached hydrogens (primary N) is 1. The molecular formula is C14H21NO3. The highest BCUT2D eigenvalue weighted by Gasteiger charge is 2.14. The summed E-state index contributed by atoms with van der Waals surface area (Å²) in [4.78, 5) is 11.9. The van der Waals surface area contributed by atoms with Gasteiger partial charge in [0.1, 0.15) is 11.3 Å². The average Bonchev–Trinajstić information content (AvgIpc) is 2.42. The predicted octanol–water partition coefficient (Wildman–Crippen LogP) is 2.50. The van der Waals surface area contributed by atoms with Crippen molar-refractivity contribution in [1.82, 2.24) is 0 Å². The highest BCUT2D eigenvalue weighted by atomic mass is 16.5. The molecule has 0 heterocycles. The lowest BCUT2D eigenvalue weighted by molar-refractivity contribution is 0.0500. The molecule has 0 aromatic heterocycles. The Morgan fingerprint density at radius 2 is 1.94 bits per heavy atom. The molecule has 18 heavy (non-hydrogen) atoms. The second kappa shape index (κ2) is 7.71. The maximum absolute atomic E-state index is 11.9. The maximum Gasteiger partial charge on any atom is 0.341 e. The monoisotopic (exact) mass is 251 g/mol. The van der Waals surface area contributed by atoms with Gasteiger partial charge in [-0.05, 0) is 30.5 Å². The van der Waals surface area contributed by atoms with Gasteiger partial charge in [0.05, 0.1) is 13.2 Å². The lowest BCUT2D eigenvalue weighted by atomic mass is 10.1. The molecule has 1 aromatic rings. The molecule has 0 aliphatic carbocycles. The van der Waals surface area contributed by atoms with Gasteiger partial charge in [-0.2, -0.15) is 0 Å². The van der Waals surface area contributed by atoms with Crippen molar-refractivity contribution in [2.75, 3.05) is 13.2 Å². The van der Waals surface area contributed by atoms with Gasteiger partial charge < -0.3 is 15.2 Å². The van der Waals surface area contributed by atoms with E-state index in [1.165, 1.54) is 0 Å². The van der Waals surface area contributed by atoms with E-state index >= 15 is 0 Å². The van der Waals surface area contributed by atoms with Gasteiger partial charge in [-0.3, -0.25) is 0 Å². The van der Waals surface area contributed by atoms with Crippen LogP contribution in [0.3, 0.4) is 0 Å². The van der Waals surface area contributed by atoms with Crippen LogP contribution in [0.15, 0.2) is 18.2 Å². The van der Waals surface area contributed by atoms with Crippen LogP contribution in [0.1, 0.15) is 42.6 Å². The van der Waals surface area contributed by atoms with E-state index in [2.05, 4.69) is 0 Å². The molecular weight excluding hydrogens is 230 g/mol. The van der Waals surface area contributed by atoms with E-state index in [0.717, 1.165) is 18.4 Å². The summed E-state index contributed by atoms with van der Waals surface area (Å²) in [5.41, 5.74) is 6.93. The number of hydrogen-bond acceptors (Lipinski definition) is 4. The van der Waals surface area contributed by atoms with Gasteiger partial charge in [0.25, 0.3) is 0 Å². The third-order valence-electron chi connectivity index (χ3n) is 2.40. The Balaban J connectivity index is 2.91. The standard InChI is InChI=1S/C14H21NO3/c1-3-7-17-13-6-5-11(10-15)9-12(13)14(16)18-8-4-2/h5-6,9H,3-4,7-8,10,15H2,1-2H3. The topological polar surface area (TPSA) is 61.5 Å². The van der Waals surface area contributed by atoms with Crippen LogP contribution in [0.25, 0.3) is 0 Å². The minimum atomic E-state index is -0.349. The van der Waals surface area contributed by atoms with Crippen molar-refractivity contribution in [1.29, 1.82) is 0 Å². The van der Waals surface area contributed by atoms with Crippen molar-refractivity contribution >= 4 is 5.97 Å². The molecule has 0 aliphatic heterocycles. The normalized spacial score (nSPS) is 10.2. The minimum Gasteiger partial charge on any atom is -0.493 e. The summed E-state index contributed by atoms with van der Waals surface area (Å²) < 4.78 is 10.7. The van der Waals surface area contributed by atoms with Gasteiger partial charge in [0.15, 0.2) is 0 Å². The van der Waals surface area contributed by atoms with Crippen molar-refractivity contribution in [3.05, 3.63) is 29.3 Å². The Labute approximate surface area is 108 Å². The van der Waals surface area contributed by atoms with Crippen molar-refractivity contribution in [2.45, 2.75) is 33.2 Å². The summed E-state index contributed by atoms with van der Waals surface area (Å²) >= 11 is 0. The quantitative estimate of drug-likeness (QED) is 0.756. The Morgan fingerprint density at radius 1 is 1.22 bits per heavy atom. The smallest absolute Gasteiger partial charge is 0.341 e. The summed E-state index contributed by atoms with van der Waals surface area (Å²) in [5.74, 6) is 0.216. The fraction of sp³-hybridized carbons (Fsp3) is 0.500. The Kier molecular flexibility index (Phi) is 6.22. The van der Waals surface area contributed by atoms with Crippen molar-refractivity contribution < 1.29 is 14.3 Å². The Morgan fingerprint density at radius 3 is 2.56 bits per heavy atom. The minimum absolute atomic E-state index is 0.349. The fourth-order valence-corrected chi connectivity index (χ4v) is 1.47. The number of ether oxygens (including phenoxy) is 2. The number of esters is 1. The summed E-state index contributed by atoms with van der Waals surface area (Å²) in [5, 5.41) is 0. The van der Waals surface area contributed by atoms with Crippen molar-refractivity contribution in [3.8, 4) is 5.75 Å². The average molecular weight is 251 g/mol. The van der Waals surface area contributed by atoms with Crippen LogP contribution in [0, 0.1) is 0 Å². The number of benzene rings is 1. The van der Waals surface area contributed by atoms with Gasteiger partial charge in [-0.15, -0.1) is 0 Å². The summed E-state index contributed by atoms with van der Waals surface area (Å²) in [6, 6.07) is 5.38. The zero-order valence-electron chi connectivity index (χ0n) is 11.1. The molecule has 4 nitrogen and oxygen atoms in total. The van der Waals surface area contributed by atoms with Crippen molar-refractivity contribution in [3.63, 3.8) is 0 Å². The van der Waals surface area contributed by atoms with Gasteiger partial charge in [0, 0.05) is 6.54 Å². The Bertz CT molecular complexity index is 391. The number of hydrogen-bond donors (Lipinski definition) is 1. The molecule has 2 N–H and O–H groups in total. The van der Waals surface area contributed by atoms with Gasteiger partial charge in [-0.25, -0.2) is 4.79 Å². The SMILES string of the molecule is CCCOC(=O)c1cc(CN)ccc1OCCC. The fourth-order valence-electron chi connectivity index (χ4n) is 1.47. The molecule has 0 radical (unpaired) electrons. The van der Waals surface area contributed by atoms with E-state index in [1.807, 2.05) is 19.9 Å². The van der Waals surface area contributed by atoms with Crippen LogP contribution < -0.4 is 10.5 Å². The van der Waals surface area contributed by atoms with Crippen LogP contribution in [-0.2, 0) is 11.3 Å². The van der Waals surface area contributed by atoms with E-state index in [4.69, 9.17) is 15.2 Å². The van der Waals surface area contributed by atoms with Gasteiger partial charge >= 0.3 is 5.97 Å². The first-order chi connectivity index (χ1) is 8.72. The zero-order valence-corrected chi connectivity index (χ0v) is 11.1. The molecule has 0 amide bonds. The van der Waals surface area contributed by atoms with Crippen LogP contribution >= 0.6 is 0 Å².